The third kappa shape index (κ3) is 3.74. The number of nitro groups is 1. The van der Waals surface area contributed by atoms with Gasteiger partial charge in [-0.3, -0.25) is 10.1 Å². The second-order valence-electron chi connectivity index (χ2n) is 4.39. The number of aryl methyl sites for hydroxylation is 1. The van der Waals surface area contributed by atoms with E-state index >= 15 is 0 Å². The minimum atomic E-state index is -4.01. The minimum absolute atomic E-state index is 0.0277. The third-order valence-electron chi connectivity index (χ3n) is 2.83. The molecule has 0 aromatic heterocycles. The van der Waals surface area contributed by atoms with Crippen LogP contribution in [0.2, 0.25) is 0 Å². The molecule has 0 unspecified atom stereocenters. The highest BCUT2D eigenvalue weighted by Crippen LogP contribution is 2.30. The van der Waals surface area contributed by atoms with Crippen molar-refractivity contribution in [2.75, 3.05) is 6.54 Å². The van der Waals surface area contributed by atoms with E-state index in [0.29, 0.717) is 6.42 Å². The molecule has 0 aliphatic carbocycles. The van der Waals surface area contributed by atoms with E-state index in [1.54, 1.807) is 0 Å². The maximum Gasteiger partial charge on any atom is 0.309 e. The van der Waals surface area contributed by atoms with Gasteiger partial charge in [-0.15, -0.1) is 0 Å². The second-order valence-corrected chi connectivity index (χ2v) is 6.10. The summed E-state index contributed by atoms with van der Waals surface area (Å²) in [6.07, 6.45) is 0.501. The molecule has 0 amide bonds. The van der Waals surface area contributed by atoms with Gasteiger partial charge >= 0.3 is 5.69 Å². The van der Waals surface area contributed by atoms with Crippen LogP contribution in [0.15, 0.2) is 11.0 Å². The van der Waals surface area contributed by atoms with E-state index in [9.17, 15) is 22.9 Å². The largest absolute Gasteiger partial charge is 0.309 e. The molecule has 0 fully saturated rings. The first-order valence-electron chi connectivity index (χ1n) is 6.03. The average Bonchev–Trinajstić information content (AvgIpc) is 2.32. The number of hydrogen-bond donors (Lipinski definition) is 1. The maximum absolute atomic E-state index is 13.6. The molecule has 0 heterocycles. The molecule has 1 aromatic rings. The molecule has 0 saturated heterocycles. The van der Waals surface area contributed by atoms with E-state index in [1.807, 2.05) is 6.07 Å². The number of rotatable bonds is 6. The average molecular weight is 315 g/mol. The monoisotopic (exact) mass is 315 g/mol. The Kier molecular flexibility index (Phi) is 5.34. The van der Waals surface area contributed by atoms with Crippen LogP contribution in [-0.2, 0) is 10.0 Å². The van der Waals surface area contributed by atoms with Gasteiger partial charge in [-0.2, -0.15) is 9.65 Å². The standard InChI is InChI=1S/C12H14FN3O4S/c1-8-7-10(13)11(16(17)18)9(2)12(8)21(19,20)15-6-4-3-5-14/h7,15H,3-4,6H2,1-2H3. The Morgan fingerprint density at radius 3 is 2.62 bits per heavy atom. The molecule has 1 aromatic carbocycles. The van der Waals surface area contributed by atoms with Crippen molar-refractivity contribution in [1.29, 1.82) is 5.26 Å². The molecule has 114 valence electrons. The lowest BCUT2D eigenvalue weighted by Gasteiger charge is -2.12. The van der Waals surface area contributed by atoms with Gasteiger partial charge in [-0.25, -0.2) is 13.1 Å². The SMILES string of the molecule is Cc1cc(F)c([N+](=O)[O-])c(C)c1S(=O)(=O)NCCCC#N. The van der Waals surface area contributed by atoms with Gasteiger partial charge in [0, 0.05) is 13.0 Å². The summed E-state index contributed by atoms with van der Waals surface area (Å²) in [7, 11) is -4.01. The van der Waals surface area contributed by atoms with Crippen molar-refractivity contribution in [3.8, 4) is 6.07 Å². The number of halogens is 1. The molecule has 0 radical (unpaired) electrons. The Bertz CT molecular complexity index is 710. The molecule has 0 aliphatic rings. The number of hydrogen-bond acceptors (Lipinski definition) is 5. The first-order valence-corrected chi connectivity index (χ1v) is 7.51. The summed E-state index contributed by atoms with van der Waals surface area (Å²) >= 11 is 0. The number of sulfonamides is 1. The maximum atomic E-state index is 13.6. The van der Waals surface area contributed by atoms with Crippen LogP contribution in [0.3, 0.4) is 0 Å². The van der Waals surface area contributed by atoms with E-state index in [2.05, 4.69) is 4.72 Å². The van der Waals surface area contributed by atoms with Crippen LogP contribution in [0, 0.1) is 41.1 Å². The summed E-state index contributed by atoms with van der Waals surface area (Å²) in [5, 5.41) is 19.2. The van der Waals surface area contributed by atoms with Crippen molar-refractivity contribution in [3.05, 3.63) is 33.1 Å². The Morgan fingerprint density at radius 2 is 2.10 bits per heavy atom. The van der Waals surface area contributed by atoms with Gasteiger partial charge in [0.05, 0.1) is 21.5 Å². The van der Waals surface area contributed by atoms with Crippen LogP contribution >= 0.6 is 0 Å². The first-order chi connectivity index (χ1) is 9.72. The quantitative estimate of drug-likeness (QED) is 0.489. The summed E-state index contributed by atoms with van der Waals surface area (Å²) in [5.41, 5.74) is -1.01. The molecule has 1 rings (SSSR count). The molecule has 0 saturated carbocycles. The molecule has 21 heavy (non-hydrogen) atoms. The highest BCUT2D eigenvalue weighted by atomic mass is 32.2. The summed E-state index contributed by atoms with van der Waals surface area (Å²) < 4.78 is 40.2. The Hall–Kier alpha value is -2.05. The van der Waals surface area contributed by atoms with Crippen LogP contribution in [0.4, 0.5) is 10.1 Å². The lowest BCUT2D eigenvalue weighted by atomic mass is 10.1. The van der Waals surface area contributed by atoms with Crippen LogP contribution in [0.1, 0.15) is 24.0 Å². The van der Waals surface area contributed by atoms with Crippen LogP contribution in [0.25, 0.3) is 0 Å². The normalized spacial score (nSPS) is 11.1. The highest BCUT2D eigenvalue weighted by molar-refractivity contribution is 7.89. The van der Waals surface area contributed by atoms with Crippen molar-refractivity contribution >= 4 is 15.7 Å². The molecule has 0 aliphatic heterocycles. The van der Waals surface area contributed by atoms with Gasteiger partial charge in [0.15, 0.2) is 0 Å². The van der Waals surface area contributed by atoms with E-state index in [0.717, 1.165) is 6.07 Å². The number of benzene rings is 1. The number of unbranched alkanes of at least 4 members (excludes halogenated alkanes) is 1. The zero-order chi connectivity index (χ0) is 16.2. The van der Waals surface area contributed by atoms with Crippen molar-refractivity contribution in [3.63, 3.8) is 0 Å². The van der Waals surface area contributed by atoms with Gasteiger partial charge in [0.2, 0.25) is 15.8 Å². The van der Waals surface area contributed by atoms with Gasteiger partial charge < -0.3 is 0 Å². The molecule has 0 spiro atoms. The fraction of sp³-hybridized carbons (Fsp3) is 0.417. The van der Waals surface area contributed by atoms with Crippen LogP contribution in [0.5, 0.6) is 0 Å². The number of nitriles is 1. The molecule has 1 N–H and O–H groups in total. The lowest BCUT2D eigenvalue weighted by Crippen LogP contribution is -2.26. The zero-order valence-corrected chi connectivity index (χ0v) is 12.3. The summed E-state index contributed by atoms with van der Waals surface area (Å²) in [4.78, 5) is 9.60. The third-order valence-corrected chi connectivity index (χ3v) is 4.58. The predicted molar refractivity (Wildman–Crippen MR) is 72.6 cm³/mol. The summed E-state index contributed by atoms with van der Waals surface area (Å²) in [6, 6.07) is 2.70. The molecule has 7 nitrogen and oxygen atoms in total. The Labute approximate surface area is 121 Å². The lowest BCUT2D eigenvalue weighted by molar-refractivity contribution is -0.388. The van der Waals surface area contributed by atoms with Gasteiger partial charge in [0.1, 0.15) is 0 Å². The van der Waals surface area contributed by atoms with E-state index < -0.39 is 26.5 Å². The molecular formula is C12H14FN3O4S. The predicted octanol–water partition coefficient (Wildman–Crippen LogP) is 1.93. The first kappa shape index (κ1) is 17.0. The number of nitro benzene ring substituents is 1. The van der Waals surface area contributed by atoms with Gasteiger partial charge in [-0.05, 0) is 31.9 Å². The number of nitrogens with one attached hydrogen (secondary N) is 1. The van der Waals surface area contributed by atoms with Crippen molar-refractivity contribution in [2.24, 2.45) is 0 Å². The second kappa shape index (κ2) is 6.60. The zero-order valence-electron chi connectivity index (χ0n) is 11.5. The molecule has 9 heteroatoms. The van der Waals surface area contributed by atoms with Gasteiger partial charge in [0.25, 0.3) is 0 Å². The molecule has 0 bridgehead atoms. The Balaban J connectivity index is 3.27. The van der Waals surface area contributed by atoms with Crippen molar-refractivity contribution in [1.82, 2.24) is 4.72 Å². The molecule has 0 atom stereocenters. The van der Waals surface area contributed by atoms with E-state index in [1.165, 1.54) is 13.8 Å². The fourth-order valence-electron chi connectivity index (χ4n) is 1.99. The van der Waals surface area contributed by atoms with E-state index in [-0.39, 0.29) is 29.0 Å². The fourth-order valence-corrected chi connectivity index (χ4v) is 3.53. The smallest absolute Gasteiger partial charge is 0.258 e. The van der Waals surface area contributed by atoms with Crippen molar-refractivity contribution in [2.45, 2.75) is 31.6 Å². The highest BCUT2D eigenvalue weighted by Gasteiger charge is 2.28. The van der Waals surface area contributed by atoms with Gasteiger partial charge in [-0.1, -0.05) is 0 Å². The summed E-state index contributed by atoms with van der Waals surface area (Å²) in [6.45, 7) is 2.58. The molecular weight excluding hydrogens is 301 g/mol. The minimum Gasteiger partial charge on any atom is -0.258 e. The summed E-state index contributed by atoms with van der Waals surface area (Å²) in [5.74, 6) is -1.07. The topological polar surface area (TPSA) is 113 Å². The Morgan fingerprint density at radius 1 is 1.48 bits per heavy atom. The van der Waals surface area contributed by atoms with Crippen LogP contribution < -0.4 is 4.72 Å². The van der Waals surface area contributed by atoms with E-state index in [4.69, 9.17) is 5.26 Å². The number of nitrogens with zero attached hydrogens (tertiary/aromatic N) is 2. The van der Waals surface area contributed by atoms with Crippen molar-refractivity contribution < 1.29 is 17.7 Å². The van der Waals surface area contributed by atoms with Crippen LogP contribution in [-0.4, -0.2) is 19.9 Å².